The Balaban J connectivity index is 1.63. The zero-order chi connectivity index (χ0) is 17.6. The van der Waals surface area contributed by atoms with Crippen molar-refractivity contribution in [2.24, 2.45) is 0 Å². The number of ether oxygens (including phenoxy) is 1. The van der Waals surface area contributed by atoms with E-state index in [4.69, 9.17) is 17.0 Å². The van der Waals surface area contributed by atoms with Gasteiger partial charge in [-0.15, -0.1) is 0 Å². The van der Waals surface area contributed by atoms with Gasteiger partial charge < -0.3 is 10.1 Å². The zero-order valence-electron chi connectivity index (χ0n) is 14.0. The van der Waals surface area contributed by atoms with Crippen LogP contribution in [-0.4, -0.2) is 10.2 Å². The van der Waals surface area contributed by atoms with Crippen molar-refractivity contribution >= 4 is 40.3 Å². The molecule has 3 nitrogen and oxygen atoms in total. The van der Waals surface area contributed by atoms with Gasteiger partial charge in [0.05, 0.1) is 4.91 Å². The lowest BCUT2D eigenvalue weighted by molar-refractivity contribution is -0.115. The van der Waals surface area contributed by atoms with E-state index in [9.17, 15) is 4.79 Å². The Labute approximate surface area is 157 Å². The van der Waals surface area contributed by atoms with Crippen LogP contribution >= 0.6 is 24.0 Å². The molecule has 0 bridgehead atoms. The van der Waals surface area contributed by atoms with E-state index in [1.165, 1.54) is 30.2 Å². The van der Waals surface area contributed by atoms with Crippen LogP contribution in [0.25, 0.3) is 6.08 Å². The maximum Gasteiger partial charge on any atom is 0.263 e. The largest absolute Gasteiger partial charge is 0.457 e. The minimum atomic E-state index is -0.140. The first kappa shape index (κ1) is 17.7. The van der Waals surface area contributed by atoms with Crippen LogP contribution in [0.5, 0.6) is 11.5 Å². The Morgan fingerprint density at radius 1 is 1.08 bits per heavy atom. The van der Waals surface area contributed by atoms with Gasteiger partial charge in [0.2, 0.25) is 0 Å². The van der Waals surface area contributed by atoms with E-state index in [1.807, 2.05) is 42.5 Å². The molecule has 0 spiro atoms. The summed E-state index contributed by atoms with van der Waals surface area (Å²) in [6.07, 6.45) is 5.34. The number of carbonyl (C=O) groups is 1. The number of rotatable bonds is 6. The third-order valence-corrected chi connectivity index (χ3v) is 4.96. The lowest BCUT2D eigenvalue weighted by Crippen LogP contribution is -2.17. The molecule has 2 aromatic carbocycles. The number of thiocarbonyl (C=S) groups is 1. The molecule has 0 aliphatic carbocycles. The number of nitrogens with one attached hydrogen (secondary N) is 1. The van der Waals surface area contributed by atoms with Crippen molar-refractivity contribution < 1.29 is 9.53 Å². The van der Waals surface area contributed by atoms with Crippen molar-refractivity contribution in [3.8, 4) is 11.5 Å². The predicted octanol–water partition coefficient (Wildman–Crippen LogP) is 5.31. The summed E-state index contributed by atoms with van der Waals surface area (Å²) >= 11 is 6.27. The first-order valence-corrected chi connectivity index (χ1v) is 9.48. The summed E-state index contributed by atoms with van der Waals surface area (Å²) in [6, 6.07) is 15.9. The minimum absolute atomic E-state index is 0.140. The summed E-state index contributed by atoms with van der Waals surface area (Å²) in [6.45, 7) is 2.20. The van der Waals surface area contributed by atoms with Crippen LogP contribution < -0.4 is 10.1 Å². The fourth-order valence-electron chi connectivity index (χ4n) is 2.45. The number of benzene rings is 2. The average molecular weight is 370 g/mol. The fraction of sp³-hybridized carbons (Fsp3) is 0.200. The first-order chi connectivity index (χ1) is 12.1. The molecule has 2 aromatic rings. The van der Waals surface area contributed by atoms with Gasteiger partial charge in [-0.05, 0) is 54.3 Å². The molecule has 5 heteroatoms. The number of hydrogen-bond acceptors (Lipinski definition) is 4. The Morgan fingerprint density at radius 3 is 2.28 bits per heavy atom. The molecule has 128 valence electrons. The highest BCUT2D eigenvalue weighted by molar-refractivity contribution is 8.26. The normalized spacial score (nSPS) is 15.5. The summed E-state index contributed by atoms with van der Waals surface area (Å²) in [5.41, 5.74) is 2.27. The molecule has 1 heterocycles. The van der Waals surface area contributed by atoms with E-state index in [1.54, 1.807) is 0 Å². The van der Waals surface area contributed by atoms with Gasteiger partial charge in [-0.1, -0.05) is 61.6 Å². The second-order valence-electron chi connectivity index (χ2n) is 5.77. The predicted molar refractivity (Wildman–Crippen MR) is 108 cm³/mol. The summed E-state index contributed by atoms with van der Waals surface area (Å²) in [4.78, 5) is 12.3. The van der Waals surface area contributed by atoms with Crippen molar-refractivity contribution in [2.45, 2.75) is 26.2 Å². The van der Waals surface area contributed by atoms with Gasteiger partial charge in [-0.2, -0.15) is 0 Å². The lowest BCUT2D eigenvalue weighted by Gasteiger charge is -2.07. The van der Waals surface area contributed by atoms with E-state index >= 15 is 0 Å². The quantitative estimate of drug-likeness (QED) is 0.553. The molecule has 1 aliphatic heterocycles. The monoisotopic (exact) mass is 369 g/mol. The Morgan fingerprint density at radius 2 is 1.72 bits per heavy atom. The average Bonchev–Trinajstić information content (AvgIpc) is 2.93. The van der Waals surface area contributed by atoms with E-state index in [0.717, 1.165) is 23.5 Å². The van der Waals surface area contributed by atoms with Crippen LogP contribution in [0, 0.1) is 0 Å². The standard InChI is InChI=1S/C20H19NO2S2/c1-2-3-4-14-5-9-16(10-6-14)23-17-11-7-15(8-12-17)13-18-19(22)21-20(24)25-18/h5-13H,2-4H2,1H3,(H,21,22,24)/b18-13+. The molecule has 0 unspecified atom stereocenters. The molecule has 0 radical (unpaired) electrons. The highest BCUT2D eigenvalue weighted by Gasteiger charge is 2.21. The third kappa shape index (κ3) is 4.94. The van der Waals surface area contributed by atoms with Gasteiger partial charge in [-0.25, -0.2) is 0 Å². The number of amides is 1. The van der Waals surface area contributed by atoms with Crippen LogP contribution in [0.1, 0.15) is 30.9 Å². The van der Waals surface area contributed by atoms with E-state index < -0.39 is 0 Å². The smallest absolute Gasteiger partial charge is 0.263 e. The van der Waals surface area contributed by atoms with Crippen LogP contribution in [-0.2, 0) is 11.2 Å². The Bertz CT molecular complexity index is 795. The van der Waals surface area contributed by atoms with Crippen molar-refractivity contribution in [1.29, 1.82) is 0 Å². The van der Waals surface area contributed by atoms with Crippen LogP contribution in [0.3, 0.4) is 0 Å². The second-order valence-corrected chi connectivity index (χ2v) is 7.49. The molecular weight excluding hydrogens is 350 g/mol. The van der Waals surface area contributed by atoms with Crippen LogP contribution in [0.4, 0.5) is 0 Å². The number of aryl methyl sites for hydroxylation is 1. The number of hydrogen-bond donors (Lipinski definition) is 1. The molecule has 0 saturated carbocycles. The highest BCUT2D eigenvalue weighted by Crippen LogP contribution is 2.27. The maximum atomic E-state index is 11.7. The van der Waals surface area contributed by atoms with Gasteiger partial charge in [0.1, 0.15) is 15.8 Å². The fourth-order valence-corrected chi connectivity index (χ4v) is 3.49. The molecule has 0 atom stereocenters. The van der Waals surface area contributed by atoms with Gasteiger partial charge in [0, 0.05) is 0 Å². The molecule has 1 aliphatic rings. The summed E-state index contributed by atoms with van der Waals surface area (Å²) in [5, 5.41) is 2.61. The van der Waals surface area contributed by atoms with Crippen molar-refractivity contribution in [2.75, 3.05) is 0 Å². The van der Waals surface area contributed by atoms with Gasteiger partial charge in [-0.3, -0.25) is 4.79 Å². The molecule has 0 aromatic heterocycles. The van der Waals surface area contributed by atoms with E-state index in [-0.39, 0.29) is 5.91 Å². The molecule has 1 N–H and O–H groups in total. The first-order valence-electron chi connectivity index (χ1n) is 8.26. The molecule has 1 fully saturated rings. The molecule has 3 rings (SSSR count). The van der Waals surface area contributed by atoms with Gasteiger partial charge in [0.25, 0.3) is 5.91 Å². The van der Waals surface area contributed by atoms with Crippen molar-refractivity contribution in [3.63, 3.8) is 0 Å². The minimum Gasteiger partial charge on any atom is -0.457 e. The molecular formula is C20H19NO2S2. The maximum absolute atomic E-state index is 11.7. The van der Waals surface area contributed by atoms with Crippen LogP contribution in [0.2, 0.25) is 0 Å². The summed E-state index contributed by atoms with van der Waals surface area (Å²) in [7, 11) is 0. The zero-order valence-corrected chi connectivity index (χ0v) is 15.6. The third-order valence-electron chi connectivity index (χ3n) is 3.80. The molecule has 1 saturated heterocycles. The van der Waals surface area contributed by atoms with E-state index in [0.29, 0.717) is 9.23 Å². The van der Waals surface area contributed by atoms with Crippen molar-refractivity contribution in [3.05, 3.63) is 64.6 Å². The number of thioether (sulfide) groups is 1. The van der Waals surface area contributed by atoms with Gasteiger partial charge >= 0.3 is 0 Å². The number of carbonyl (C=O) groups excluding carboxylic acids is 1. The second kappa shape index (κ2) is 8.32. The molecule has 25 heavy (non-hydrogen) atoms. The Kier molecular flexibility index (Phi) is 5.89. The van der Waals surface area contributed by atoms with Crippen LogP contribution in [0.15, 0.2) is 53.4 Å². The van der Waals surface area contributed by atoms with E-state index in [2.05, 4.69) is 24.4 Å². The molecule has 1 amide bonds. The summed E-state index contributed by atoms with van der Waals surface area (Å²) < 4.78 is 6.37. The Hall–Kier alpha value is -2.11. The topological polar surface area (TPSA) is 38.3 Å². The highest BCUT2D eigenvalue weighted by atomic mass is 32.2. The lowest BCUT2D eigenvalue weighted by atomic mass is 10.1. The number of unbranched alkanes of at least 4 members (excludes halogenated alkanes) is 1. The summed E-state index contributed by atoms with van der Waals surface area (Å²) in [5.74, 6) is 1.45. The SMILES string of the molecule is CCCCc1ccc(Oc2ccc(/C=C3/SC(=S)NC3=O)cc2)cc1. The van der Waals surface area contributed by atoms with Gasteiger partial charge in [0.15, 0.2) is 0 Å². The van der Waals surface area contributed by atoms with Crippen molar-refractivity contribution in [1.82, 2.24) is 5.32 Å².